The van der Waals surface area contributed by atoms with Crippen LogP contribution >= 0.6 is 12.4 Å². The van der Waals surface area contributed by atoms with Gasteiger partial charge in [0.25, 0.3) is 5.91 Å². The second-order valence-corrected chi connectivity index (χ2v) is 4.61. The maximum Gasteiger partial charge on any atom is 0.258 e. The number of amides is 1. The Kier molecular flexibility index (Phi) is 7.06. The molecule has 0 aliphatic rings. The van der Waals surface area contributed by atoms with E-state index in [0.29, 0.717) is 12.2 Å². The number of para-hydroxylation sites is 1. The smallest absolute Gasteiger partial charge is 0.258 e. The summed E-state index contributed by atoms with van der Waals surface area (Å²) in [5, 5.41) is 5.63. The van der Waals surface area contributed by atoms with Gasteiger partial charge in [-0.05, 0) is 30.3 Å². The van der Waals surface area contributed by atoms with Crippen LogP contribution in [0.4, 0.5) is 18.9 Å². The van der Waals surface area contributed by atoms with Gasteiger partial charge < -0.3 is 10.6 Å². The molecule has 0 heterocycles. The van der Waals surface area contributed by atoms with Crippen LogP contribution in [0, 0.1) is 17.5 Å². The Labute approximate surface area is 138 Å². The molecule has 0 bridgehead atoms. The zero-order valence-electron chi connectivity index (χ0n) is 12.3. The molecule has 0 saturated heterocycles. The number of hydrogen-bond acceptors (Lipinski definition) is 2. The van der Waals surface area contributed by atoms with Gasteiger partial charge in [-0.25, -0.2) is 13.2 Å². The van der Waals surface area contributed by atoms with Crippen molar-refractivity contribution in [2.75, 3.05) is 11.9 Å². The fourth-order valence-electron chi connectivity index (χ4n) is 1.95. The van der Waals surface area contributed by atoms with Crippen LogP contribution in [0.5, 0.6) is 0 Å². The normalized spacial score (nSPS) is 10.1. The Morgan fingerprint density at radius 3 is 2.43 bits per heavy atom. The van der Waals surface area contributed by atoms with E-state index in [0.717, 1.165) is 24.2 Å². The van der Waals surface area contributed by atoms with Gasteiger partial charge in [-0.3, -0.25) is 4.79 Å². The second-order valence-electron chi connectivity index (χ2n) is 4.61. The summed E-state index contributed by atoms with van der Waals surface area (Å²) in [6.07, 6.45) is 0. The molecule has 2 aromatic carbocycles. The number of carbonyl (C=O) groups excluding carboxylic acids is 1. The molecule has 0 spiro atoms. The molecular formula is C16H16ClF3N2O. The van der Waals surface area contributed by atoms with Crippen LogP contribution in [0.15, 0.2) is 36.4 Å². The van der Waals surface area contributed by atoms with Gasteiger partial charge >= 0.3 is 0 Å². The van der Waals surface area contributed by atoms with Crippen molar-refractivity contribution >= 4 is 24.0 Å². The molecule has 3 nitrogen and oxygen atoms in total. The molecule has 0 radical (unpaired) electrons. The van der Waals surface area contributed by atoms with Crippen molar-refractivity contribution in [2.45, 2.75) is 13.5 Å². The molecule has 23 heavy (non-hydrogen) atoms. The van der Waals surface area contributed by atoms with E-state index in [9.17, 15) is 18.0 Å². The van der Waals surface area contributed by atoms with Crippen LogP contribution in [0.1, 0.15) is 22.8 Å². The van der Waals surface area contributed by atoms with Crippen LogP contribution in [0.25, 0.3) is 0 Å². The topological polar surface area (TPSA) is 41.1 Å². The molecule has 7 heteroatoms. The molecule has 0 aliphatic heterocycles. The first-order valence-corrected chi connectivity index (χ1v) is 6.78. The summed E-state index contributed by atoms with van der Waals surface area (Å²) in [5.41, 5.74) is 0.746. The molecule has 0 unspecified atom stereocenters. The van der Waals surface area contributed by atoms with E-state index in [-0.39, 0.29) is 12.4 Å². The number of halogens is 4. The van der Waals surface area contributed by atoms with E-state index in [1.54, 1.807) is 24.3 Å². The van der Waals surface area contributed by atoms with Crippen LogP contribution in [-0.4, -0.2) is 12.5 Å². The van der Waals surface area contributed by atoms with Gasteiger partial charge in [0.2, 0.25) is 0 Å². The van der Waals surface area contributed by atoms with Crippen molar-refractivity contribution in [1.82, 2.24) is 5.32 Å². The van der Waals surface area contributed by atoms with E-state index >= 15 is 0 Å². The lowest BCUT2D eigenvalue weighted by Gasteiger charge is -2.12. The maximum absolute atomic E-state index is 13.6. The van der Waals surface area contributed by atoms with E-state index in [4.69, 9.17) is 0 Å². The van der Waals surface area contributed by atoms with Gasteiger partial charge in [0, 0.05) is 12.2 Å². The average Bonchev–Trinajstić information content (AvgIpc) is 2.52. The average molecular weight is 345 g/mol. The quantitative estimate of drug-likeness (QED) is 0.808. The highest BCUT2D eigenvalue weighted by molar-refractivity contribution is 6.04. The third-order valence-electron chi connectivity index (χ3n) is 3.11. The molecule has 0 saturated carbocycles. The molecule has 2 aromatic rings. The minimum absolute atomic E-state index is 0. The second kappa shape index (κ2) is 8.55. The fraction of sp³-hybridized carbons (Fsp3) is 0.188. The van der Waals surface area contributed by atoms with Gasteiger partial charge in [-0.15, -0.1) is 12.4 Å². The van der Waals surface area contributed by atoms with Crippen LogP contribution in [-0.2, 0) is 6.54 Å². The first kappa shape index (κ1) is 19.0. The molecule has 2 rings (SSSR count). The summed E-state index contributed by atoms with van der Waals surface area (Å²) in [5.74, 6) is -5.32. The Bertz CT molecular complexity index is 695. The molecule has 0 atom stereocenters. The van der Waals surface area contributed by atoms with Crippen molar-refractivity contribution in [2.24, 2.45) is 0 Å². The van der Waals surface area contributed by atoms with Gasteiger partial charge in [0.1, 0.15) is 0 Å². The molecular weight excluding hydrogens is 329 g/mol. The monoisotopic (exact) mass is 344 g/mol. The number of rotatable bonds is 5. The standard InChI is InChI=1S/C16H15F3N2O.ClH/c1-2-20-9-10-5-3-4-6-13(10)21-16(22)11-7-8-12(17)15(19)14(11)18;/h3-8,20H,2,9H2,1H3,(H,21,22);1H. The van der Waals surface area contributed by atoms with Crippen molar-refractivity contribution < 1.29 is 18.0 Å². The summed E-state index contributed by atoms with van der Waals surface area (Å²) < 4.78 is 39.7. The molecule has 1 amide bonds. The summed E-state index contributed by atoms with van der Waals surface area (Å²) in [4.78, 5) is 12.1. The Hall–Kier alpha value is -2.05. The molecule has 124 valence electrons. The predicted octanol–water partition coefficient (Wildman–Crippen LogP) is 3.89. The number of nitrogens with one attached hydrogen (secondary N) is 2. The lowest BCUT2D eigenvalue weighted by Crippen LogP contribution is -2.18. The van der Waals surface area contributed by atoms with Gasteiger partial charge in [-0.1, -0.05) is 25.1 Å². The van der Waals surface area contributed by atoms with Crippen molar-refractivity contribution in [3.8, 4) is 0 Å². The largest absolute Gasteiger partial charge is 0.322 e. The highest BCUT2D eigenvalue weighted by Crippen LogP contribution is 2.19. The van der Waals surface area contributed by atoms with Crippen LogP contribution in [0.3, 0.4) is 0 Å². The Morgan fingerprint density at radius 2 is 1.74 bits per heavy atom. The van der Waals surface area contributed by atoms with Crippen LogP contribution < -0.4 is 10.6 Å². The molecule has 0 fully saturated rings. The van der Waals surface area contributed by atoms with E-state index in [2.05, 4.69) is 10.6 Å². The first-order chi connectivity index (χ1) is 10.5. The van der Waals surface area contributed by atoms with E-state index < -0.39 is 28.9 Å². The number of benzene rings is 2. The maximum atomic E-state index is 13.6. The third-order valence-corrected chi connectivity index (χ3v) is 3.11. The predicted molar refractivity (Wildman–Crippen MR) is 85.3 cm³/mol. The van der Waals surface area contributed by atoms with Gasteiger partial charge in [0.15, 0.2) is 17.5 Å². The lowest BCUT2D eigenvalue weighted by molar-refractivity contribution is 0.102. The summed E-state index contributed by atoms with van der Waals surface area (Å²) in [6, 6.07) is 8.61. The molecule has 0 aliphatic carbocycles. The molecule has 2 N–H and O–H groups in total. The Morgan fingerprint density at radius 1 is 1.04 bits per heavy atom. The highest BCUT2D eigenvalue weighted by Gasteiger charge is 2.19. The van der Waals surface area contributed by atoms with Crippen molar-refractivity contribution in [1.29, 1.82) is 0 Å². The first-order valence-electron chi connectivity index (χ1n) is 6.78. The zero-order chi connectivity index (χ0) is 16.1. The van der Waals surface area contributed by atoms with Crippen molar-refractivity contribution in [3.05, 3.63) is 65.0 Å². The minimum atomic E-state index is -1.66. The van der Waals surface area contributed by atoms with Gasteiger partial charge in [-0.2, -0.15) is 0 Å². The fourth-order valence-corrected chi connectivity index (χ4v) is 1.95. The summed E-state index contributed by atoms with van der Waals surface area (Å²) >= 11 is 0. The number of anilines is 1. The van der Waals surface area contributed by atoms with E-state index in [1.165, 1.54) is 0 Å². The summed E-state index contributed by atoms with van der Waals surface area (Å²) in [6.45, 7) is 3.21. The zero-order valence-corrected chi connectivity index (χ0v) is 13.1. The number of hydrogen-bond donors (Lipinski definition) is 2. The SMILES string of the molecule is CCNCc1ccccc1NC(=O)c1ccc(F)c(F)c1F.Cl. The van der Waals surface area contributed by atoms with Crippen LogP contribution in [0.2, 0.25) is 0 Å². The third kappa shape index (κ3) is 4.46. The van der Waals surface area contributed by atoms with Crippen molar-refractivity contribution in [3.63, 3.8) is 0 Å². The summed E-state index contributed by atoms with van der Waals surface area (Å²) in [7, 11) is 0. The van der Waals surface area contributed by atoms with E-state index in [1.807, 2.05) is 6.92 Å². The number of carbonyl (C=O) groups is 1. The highest BCUT2D eigenvalue weighted by atomic mass is 35.5. The van der Waals surface area contributed by atoms with Gasteiger partial charge in [0.05, 0.1) is 5.56 Å². The minimum Gasteiger partial charge on any atom is -0.322 e. The molecule has 0 aromatic heterocycles. The Balaban J connectivity index is 0.00000264. The lowest BCUT2D eigenvalue weighted by atomic mass is 10.1.